The van der Waals surface area contributed by atoms with Gasteiger partial charge in [-0.25, -0.2) is 0 Å². The van der Waals surface area contributed by atoms with Crippen LogP contribution >= 0.6 is 7.14 Å². The molecule has 0 bridgehead atoms. The average molecular weight is 543 g/mol. The van der Waals surface area contributed by atoms with Gasteiger partial charge in [0.2, 0.25) is 0 Å². The lowest BCUT2D eigenvalue weighted by Gasteiger charge is -2.43. The van der Waals surface area contributed by atoms with E-state index >= 15 is 0 Å². The monoisotopic (exact) mass is 542 g/mol. The van der Waals surface area contributed by atoms with Crippen LogP contribution in [0.2, 0.25) is 5.04 Å². The maximum atomic E-state index is 14.7. The van der Waals surface area contributed by atoms with Crippen LogP contribution in [0.25, 0.3) is 0 Å². The molecule has 0 aliphatic carbocycles. The molecule has 0 aliphatic rings. The van der Waals surface area contributed by atoms with Gasteiger partial charge in [0.05, 0.1) is 6.10 Å². The van der Waals surface area contributed by atoms with Crippen molar-refractivity contribution in [1.29, 1.82) is 0 Å². The van der Waals surface area contributed by atoms with Crippen molar-refractivity contribution in [3.8, 4) is 0 Å². The third kappa shape index (κ3) is 5.51. The van der Waals surface area contributed by atoms with Crippen molar-refractivity contribution in [2.24, 2.45) is 0 Å². The first-order chi connectivity index (χ1) is 18.2. The normalized spacial score (nSPS) is 14.1. The Labute approximate surface area is 229 Å². The highest BCUT2D eigenvalue weighted by atomic mass is 31.2. The molecule has 0 amide bonds. The minimum absolute atomic E-state index is 0.143. The average Bonchev–Trinajstić information content (AvgIpc) is 2.95. The van der Waals surface area contributed by atoms with Crippen molar-refractivity contribution in [3.05, 3.63) is 121 Å². The lowest BCUT2D eigenvalue weighted by molar-refractivity contribution is 0.135. The van der Waals surface area contributed by atoms with Gasteiger partial charge >= 0.3 is 0 Å². The second-order valence-electron chi connectivity index (χ2n) is 10.9. The summed E-state index contributed by atoms with van der Waals surface area (Å²) in [7, 11) is -5.80. The van der Waals surface area contributed by atoms with Gasteiger partial charge in [-0.15, -0.1) is 0 Å². The molecule has 2 atom stereocenters. The zero-order valence-electron chi connectivity index (χ0n) is 22.8. The molecule has 0 unspecified atom stereocenters. The maximum absolute atomic E-state index is 14.7. The van der Waals surface area contributed by atoms with Crippen molar-refractivity contribution >= 4 is 36.4 Å². The summed E-state index contributed by atoms with van der Waals surface area (Å²) in [6.45, 7) is 9.03. The van der Waals surface area contributed by atoms with Gasteiger partial charge in [-0.05, 0) is 21.8 Å². The number of benzene rings is 4. The minimum Gasteiger partial charge on any atom is -0.407 e. The van der Waals surface area contributed by atoms with Crippen LogP contribution in [-0.4, -0.2) is 31.8 Å². The molecule has 4 aromatic carbocycles. The van der Waals surface area contributed by atoms with Gasteiger partial charge in [-0.1, -0.05) is 149 Å². The molecule has 0 radical (unpaired) electrons. The minimum atomic E-state index is -3.09. The van der Waals surface area contributed by atoms with Crippen LogP contribution in [0.5, 0.6) is 0 Å². The zero-order valence-corrected chi connectivity index (χ0v) is 24.7. The first kappa shape index (κ1) is 28.3. The van der Waals surface area contributed by atoms with Crippen LogP contribution < -0.4 is 21.0 Å². The molecule has 0 aromatic heterocycles. The van der Waals surface area contributed by atoms with E-state index in [-0.39, 0.29) is 5.04 Å². The Balaban J connectivity index is 1.64. The summed E-state index contributed by atoms with van der Waals surface area (Å²) in [5.41, 5.74) is -0.463. The topological polar surface area (TPSA) is 46.5 Å². The van der Waals surface area contributed by atoms with E-state index in [1.807, 2.05) is 79.7 Å². The highest BCUT2D eigenvalue weighted by Crippen LogP contribution is 2.50. The molecular formula is C33H39O3PSi. The van der Waals surface area contributed by atoms with Crippen LogP contribution in [0, 0.1) is 0 Å². The van der Waals surface area contributed by atoms with Crippen LogP contribution in [0.3, 0.4) is 0 Å². The van der Waals surface area contributed by atoms with Crippen molar-refractivity contribution in [2.45, 2.75) is 50.9 Å². The fourth-order valence-corrected chi connectivity index (χ4v) is 13.2. The molecule has 198 valence electrons. The third-order valence-corrected chi connectivity index (χ3v) is 16.2. The standard InChI is InChI=1S/C33H39O3PSi/c1-27(37(35,28-17-9-5-10-18-28)29-19-11-6-12-20-29)32(34)25-26-36-38(33(2,3)4,30-21-13-7-14-22-30)31-23-15-8-16-24-31/h5-24,27,32,34H,25-26H2,1-4H3/t27-,32+/m0/s1. The molecule has 0 spiro atoms. The SMILES string of the molecule is C[C@@H]([C@H](O)CCO[Si](c1ccccc1)(c1ccccc1)C(C)(C)C)P(=O)(c1ccccc1)c1ccccc1. The van der Waals surface area contributed by atoms with E-state index in [0.717, 1.165) is 10.6 Å². The summed E-state index contributed by atoms with van der Waals surface area (Å²) in [6, 6.07) is 40.2. The molecule has 38 heavy (non-hydrogen) atoms. The molecule has 3 nitrogen and oxygen atoms in total. The predicted molar refractivity (Wildman–Crippen MR) is 163 cm³/mol. The maximum Gasteiger partial charge on any atom is 0.261 e. The van der Waals surface area contributed by atoms with E-state index in [4.69, 9.17) is 4.43 Å². The first-order valence-corrected chi connectivity index (χ1v) is 17.0. The molecule has 4 rings (SSSR count). The Kier molecular flexibility index (Phi) is 8.90. The Morgan fingerprint density at radius 1 is 0.711 bits per heavy atom. The van der Waals surface area contributed by atoms with Crippen molar-refractivity contribution in [1.82, 2.24) is 0 Å². The Morgan fingerprint density at radius 2 is 1.08 bits per heavy atom. The Hall–Kier alpha value is -2.75. The molecule has 0 fully saturated rings. The summed E-state index contributed by atoms with van der Waals surface area (Å²) in [5.74, 6) is 0. The molecule has 4 aromatic rings. The van der Waals surface area contributed by atoms with Gasteiger partial charge in [0.1, 0.15) is 7.14 Å². The summed E-state index contributed by atoms with van der Waals surface area (Å²) in [5, 5.41) is 15.3. The summed E-state index contributed by atoms with van der Waals surface area (Å²) in [6.07, 6.45) is -0.394. The highest BCUT2D eigenvalue weighted by Gasteiger charge is 2.50. The number of hydrogen-bond acceptors (Lipinski definition) is 3. The molecule has 1 N–H and O–H groups in total. The molecule has 5 heteroatoms. The second kappa shape index (κ2) is 12.0. The van der Waals surface area contributed by atoms with E-state index < -0.39 is 27.2 Å². The Bertz CT molecular complexity index is 1240. The zero-order chi connectivity index (χ0) is 27.2. The van der Waals surface area contributed by atoms with Gasteiger partial charge in [0.25, 0.3) is 8.32 Å². The van der Waals surface area contributed by atoms with E-state index in [0.29, 0.717) is 13.0 Å². The highest BCUT2D eigenvalue weighted by molar-refractivity contribution is 7.79. The molecular weight excluding hydrogens is 503 g/mol. The van der Waals surface area contributed by atoms with E-state index in [9.17, 15) is 9.67 Å². The second-order valence-corrected chi connectivity index (χ2v) is 18.4. The third-order valence-electron chi connectivity index (χ3n) is 7.56. The van der Waals surface area contributed by atoms with Crippen molar-refractivity contribution in [3.63, 3.8) is 0 Å². The smallest absolute Gasteiger partial charge is 0.261 e. The lowest BCUT2D eigenvalue weighted by Crippen LogP contribution is -2.66. The van der Waals surface area contributed by atoms with E-state index in [1.165, 1.54) is 10.4 Å². The van der Waals surface area contributed by atoms with E-state index in [2.05, 4.69) is 69.3 Å². The summed E-state index contributed by atoms with van der Waals surface area (Å²) < 4.78 is 21.7. The number of aliphatic hydroxyl groups is 1. The molecule has 0 aliphatic heterocycles. The van der Waals surface area contributed by atoms with Gasteiger partial charge < -0.3 is 14.1 Å². The molecule has 0 saturated heterocycles. The fourth-order valence-electron chi connectivity index (χ4n) is 5.50. The first-order valence-electron chi connectivity index (χ1n) is 13.4. The lowest BCUT2D eigenvalue weighted by atomic mass is 10.2. The van der Waals surface area contributed by atoms with Gasteiger partial charge in [0, 0.05) is 22.9 Å². The number of hydrogen-bond donors (Lipinski definition) is 1. The number of aliphatic hydroxyl groups excluding tert-OH is 1. The summed E-state index contributed by atoms with van der Waals surface area (Å²) in [4.78, 5) is 0. The van der Waals surface area contributed by atoms with Crippen molar-refractivity contribution < 1.29 is 14.1 Å². The van der Waals surface area contributed by atoms with Crippen LogP contribution in [0.1, 0.15) is 34.1 Å². The molecule has 0 heterocycles. The van der Waals surface area contributed by atoms with Gasteiger partial charge in [-0.3, -0.25) is 0 Å². The van der Waals surface area contributed by atoms with Gasteiger partial charge in [-0.2, -0.15) is 0 Å². The molecule has 0 saturated carbocycles. The van der Waals surface area contributed by atoms with Gasteiger partial charge in [0.15, 0.2) is 0 Å². The quantitative estimate of drug-likeness (QED) is 0.206. The van der Waals surface area contributed by atoms with Crippen LogP contribution in [0.4, 0.5) is 0 Å². The predicted octanol–water partition coefficient (Wildman–Crippen LogP) is 5.72. The fraction of sp³-hybridized carbons (Fsp3) is 0.273. The Morgan fingerprint density at radius 3 is 1.45 bits per heavy atom. The van der Waals surface area contributed by atoms with E-state index in [1.54, 1.807) is 0 Å². The van der Waals surface area contributed by atoms with Crippen molar-refractivity contribution in [2.75, 3.05) is 6.61 Å². The summed E-state index contributed by atoms with van der Waals surface area (Å²) >= 11 is 0. The number of rotatable bonds is 10. The largest absolute Gasteiger partial charge is 0.407 e. The van der Waals surface area contributed by atoms with Crippen LogP contribution in [0.15, 0.2) is 121 Å². The van der Waals surface area contributed by atoms with Crippen LogP contribution in [-0.2, 0) is 8.99 Å².